The largest absolute Gasteiger partial charge is 0.478 e. The highest BCUT2D eigenvalue weighted by molar-refractivity contribution is 6.42. The molecule has 4 rings (SSSR count). The number of carboxylic acid groups (broad SMARTS) is 2. The van der Waals surface area contributed by atoms with Gasteiger partial charge in [-0.25, -0.2) is 9.59 Å². The van der Waals surface area contributed by atoms with E-state index in [4.69, 9.17) is 33.4 Å². The van der Waals surface area contributed by atoms with Crippen molar-refractivity contribution in [3.8, 4) is 11.1 Å². The van der Waals surface area contributed by atoms with Crippen LogP contribution in [-0.2, 0) is 28.9 Å². The molecule has 3 N–H and O–H groups in total. The molecule has 2 heterocycles. The standard InChI is InChI=1S/C22H26Cl2N2.C4H4O4/c1-2-11-26-12-3-4-17-13-15-7-9-25-10-8-18(15)21(22(17)26)16-5-6-19(23)20(24)14-16;5-3(6)1-2-4(7)8/h5-6,13-14,25H,2-4,7-12H2,1H3;1-2H,(H,5,6)(H,7,8)/b;2-1+. The molecule has 0 atom stereocenters. The first-order valence-electron chi connectivity index (χ1n) is 11.5. The van der Waals surface area contributed by atoms with E-state index in [1.807, 2.05) is 6.07 Å². The molecule has 0 saturated heterocycles. The number of rotatable bonds is 5. The van der Waals surface area contributed by atoms with Gasteiger partial charge in [-0.15, -0.1) is 0 Å². The monoisotopic (exact) mass is 504 g/mol. The lowest BCUT2D eigenvalue weighted by Gasteiger charge is -2.35. The van der Waals surface area contributed by atoms with Crippen LogP contribution >= 0.6 is 23.2 Å². The highest BCUT2D eigenvalue weighted by Gasteiger charge is 2.26. The molecule has 0 bridgehead atoms. The predicted molar refractivity (Wildman–Crippen MR) is 137 cm³/mol. The van der Waals surface area contributed by atoms with Crippen molar-refractivity contribution in [1.29, 1.82) is 0 Å². The lowest BCUT2D eigenvalue weighted by molar-refractivity contribution is -0.134. The molecule has 0 fully saturated rings. The number of hydrogen-bond acceptors (Lipinski definition) is 4. The van der Waals surface area contributed by atoms with Crippen LogP contribution in [0.3, 0.4) is 0 Å². The third kappa shape index (κ3) is 6.53. The number of nitrogens with one attached hydrogen (secondary N) is 1. The van der Waals surface area contributed by atoms with Gasteiger partial charge >= 0.3 is 11.9 Å². The maximum absolute atomic E-state index is 9.55. The van der Waals surface area contributed by atoms with E-state index < -0.39 is 11.9 Å². The molecular formula is C26H30Cl2N2O4. The number of aryl methyl sites for hydroxylation is 1. The van der Waals surface area contributed by atoms with Crippen LogP contribution in [0.4, 0.5) is 5.69 Å². The third-order valence-electron chi connectivity index (χ3n) is 5.96. The van der Waals surface area contributed by atoms with Gasteiger partial charge in [0.2, 0.25) is 0 Å². The van der Waals surface area contributed by atoms with Crippen LogP contribution in [0, 0.1) is 0 Å². The van der Waals surface area contributed by atoms with E-state index >= 15 is 0 Å². The van der Waals surface area contributed by atoms with Crippen LogP contribution < -0.4 is 10.2 Å². The Morgan fingerprint density at radius 3 is 2.35 bits per heavy atom. The van der Waals surface area contributed by atoms with Crippen molar-refractivity contribution < 1.29 is 19.8 Å². The molecule has 2 aromatic carbocycles. The van der Waals surface area contributed by atoms with Crippen LogP contribution in [0.1, 0.15) is 36.5 Å². The van der Waals surface area contributed by atoms with Gasteiger partial charge in [0.05, 0.1) is 10.0 Å². The molecule has 182 valence electrons. The van der Waals surface area contributed by atoms with E-state index in [9.17, 15) is 9.59 Å². The number of benzene rings is 2. The molecule has 2 aliphatic rings. The van der Waals surface area contributed by atoms with Crippen molar-refractivity contribution in [2.45, 2.75) is 39.0 Å². The van der Waals surface area contributed by atoms with Crippen LogP contribution in [0.25, 0.3) is 11.1 Å². The Hall–Kier alpha value is -2.54. The summed E-state index contributed by atoms with van der Waals surface area (Å²) in [5.74, 6) is -2.51. The van der Waals surface area contributed by atoms with Gasteiger partial charge in [0.15, 0.2) is 0 Å². The first-order valence-corrected chi connectivity index (χ1v) is 12.3. The summed E-state index contributed by atoms with van der Waals surface area (Å²) in [4.78, 5) is 21.7. The fourth-order valence-electron chi connectivity index (χ4n) is 4.62. The number of halogens is 2. The lowest BCUT2D eigenvalue weighted by atomic mass is 9.85. The minimum absolute atomic E-state index is 0.558. The molecule has 0 aliphatic carbocycles. The van der Waals surface area contributed by atoms with Gasteiger partial charge in [0.25, 0.3) is 0 Å². The zero-order chi connectivity index (χ0) is 24.7. The quantitative estimate of drug-likeness (QED) is 0.483. The fraction of sp³-hybridized carbons (Fsp3) is 0.385. The van der Waals surface area contributed by atoms with E-state index in [-0.39, 0.29) is 0 Å². The minimum Gasteiger partial charge on any atom is -0.478 e. The minimum atomic E-state index is -1.26. The van der Waals surface area contributed by atoms with Crippen molar-refractivity contribution in [3.05, 3.63) is 63.2 Å². The van der Waals surface area contributed by atoms with Crippen LogP contribution in [-0.4, -0.2) is 48.3 Å². The van der Waals surface area contributed by atoms with Crippen LogP contribution in [0.5, 0.6) is 0 Å². The SMILES string of the molecule is CCCN1CCCc2cc3c(c(-c4ccc(Cl)c(Cl)c4)c21)CCNCC3.O=C(O)/C=C/C(=O)O. The average Bonchev–Trinajstić information content (AvgIpc) is 3.04. The first-order chi connectivity index (χ1) is 16.3. The Balaban J connectivity index is 0.000000350. The Morgan fingerprint density at radius 1 is 1.00 bits per heavy atom. The van der Waals surface area contributed by atoms with Gasteiger partial charge in [-0.2, -0.15) is 0 Å². The summed E-state index contributed by atoms with van der Waals surface area (Å²) in [6.07, 6.45) is 6.86. The maximum atomic E-state index is 9.55. The molecule has 8 heteroatoms. The topological polar surface area (TPSA) is 89.9 Å². The lowest BCUT2D eigenvalue weighted by Crippen LogP contribution is -2.31. The van der Waals surface area contributed by atoms with Gasteiger partial charge in [-0.1, -0.05) is 42.3 Å². The smallest absolute Gasteiger partial charge is 0.328 e. The van der Waals surface area contributed by atoms with Crippen molar-refractivity contribution in [3.63, 3.8) is 0 Å². The summed E-state index contributed by atoms with van der Waals surface area (Å²) < 4.78 is 0. The van der Waals surface area contributed by atoms with Crippen molar-refractivity contribution in [2.75, 3.05) is 31.1 Å². The molecule has 0 radical (unpaired) electrons. The number of nitrogens with zero attached hydrogens (tertiary/aromatic N) is 1. The van der Waals surface area contributed by atoms with Gasteiger partial charge < -0.3 is 20.4 Å². The van der Waals surface area contributed by atoms with E-state index in [2.05, 4.69) is 35.3 Å². The van der Waals surface area contributed by atoms with E-state index in [1.165, 1.54) is 52.8 Å². The summed E-state index contributed by atoms with van der Waals surface area (Å²) in [5, 5.41) is 20.4. The van der Waals surface area contributed by atoms with Gasteiger partial charge in [0, 0.05) is 36.5 Å². The summed E-state index contributed by atoms with van der Waals surface area (Å²) in [5.41, 5.74) is 8.55. The first kappa shape index (κ1) is 26.1. The Morgan fingerprint density at radius 2 is 1.71 bits per heavy atom. The Labute approximate surface area is 210 Å². The average molecular weight is 505 g/mol. The molecule has 0 spiro atoms. The van der Waals surface area contributed by atoms with Crippen molar-refractivity contribution in [2.24, 2.45) is 0 Å². The molecule has 2 aromatic rings. The van der Waals surface area contributed by atoms with E-state index in [1.54, 1.807) is 0 Å². The molecule has 0 saturated carbocycles. The molecule has 0 amide bonds. The fourth-order valence-corrected chi connectivity index (χ4v) is 4.92. The number of anilines is 1. The summed E-state index contributed by atoms with van der Waals surface area (Å²) in [7, 11) is 0. The summed E-state index contributed by atoms with van der Waals surface area (Å²) in [6, 6.07) is 8.62. The highest BCUT2D eigenvalue weighted by atomic mass is 35.5. The van der Waals surface area contributed by atoms with Crippen LogP contribution in [0.15, 0.2) is 36.4 Å². The molecular weight excluding hydrogens is 475 g/mol. The summed E-state index contributed by atoms with van der Waals surface area (Å²) in [6.45, 7) is 6.62. The highest BCUT2D eigenvalue weighted by Crippen LogP contribution is 2.43. The number of carboxylic acids is 2. The summed E-state index contributed by atoms with van der Waals surface area (Å²) >= 11 is 12.6. The third-order valence-corrected chi connectivity index (χ3v) is 6.70. The second kappa shape index (κ2) is 12.2. The van der Waals surface area contributed by atoms with E-state index in [0.29, 0.717) is 22.2 Å². The normalized spacial score (nSPS) is 15.1. The van der Waals surface area contributed by atoms with Crippen molar-refractivity contribution >= 4 is 40.8 Å². The Kier molecular flexibility index (Phi) is 9.39. The zero-order valence-electron chi connectivity index (χ0n) is 19.2. The van der Waals surface area contributed by atoms with Gasteiger partial charge in [-0.3, -0.25) is 0 Å². The molecule has 0 aromatic heterocycles. The number of hydrogen-bond donors (Lipinski definition) is 3. The second-order valence-corrected chi connectivity index (χ2v) is 9.19. The number of carbonyl (C=O) groups is 2. The molecule has 6 nitrogen and oxygen atoms in total. The van der Waals surface area contributed by atoms with Gasteiger partial charge in [0.1, 0.15) is 0 Å². The van der Waals surface area contributed by atoms with Crippen molar-refractivity contribution in [1.82, 2.24) is 5.32 Å². The van der Waals surface area contributed by atoms with E-state index in [0.717, 1.165) is 39.0 Å². The predicted octanol–water partition coefficient (Wildman–Crippen LogP) is 5.22. The van der Waals surface area contributed by atoms with Crippen LogP contribution in [0.2, 0.25) is 10.0 Å². The molecule has 0 unspecified atom stereocenters. The number of aliphatic carboxylic acids is 2. The molecule has 34 heavy (non-hydrogen) atoms. The maximum Gasteiger partial charge on any atom is 0.328 e. The van der Waals surface area contributed by atoms with Gasteiger partial charge in [-0.05, 0) is 79.6 Å². The zero-order valence-corrected chi connectivity index (χ0v) is 20.8. The Bertz CT molecular complexity index is 1070. The number of fused-ring (bicyclic) bond motifs is 2. The second-order valence-electron chi connectivity index (χ2n) is 8.38. The molecule has 2 aliphatic heterocycles.